The first-order valence-corrected chi connectivity index (χ1v) is 12.2. The fourth-order valence-electron chi connectivity index (χ4n) is 3.68. The molecule has 1 N–H and O–H groups in total. The van der Waals surface area contributed by atoms with E-state index >= 15 is 0 Å². The molecule has 2 amide bonds. The lowest BCUT2D eigenvalue weighted by Gasteiger charge is -2.32. The van der Waals surface area contributed by atoms with Crippen molar-refractivity contribution in [1.29, 1.82) is 0 Å². The van der Waals surface area contributed by atoms with Crippen LogP contribution in [-0.2, 0) is 29.0 Å². The third kappa shape index (κ3) is 7.15. The van der Waals surface area contributed by atoms with E-state index in [0.29, 0.717) is 6.42 Å². The van der Waals surface area contributed by atoms with E-state index in [1.807, 2.05) is 68.4 Å². The molecule has 0 spiro atoms. The van der Waals surface area contributed by atoms with E-state index in [-0.39, 0.29) is 41.4 Å². The summed E-state index contributed by atoms with van der Waals surface area (Å²) in [6.45, 7) is 3.94. The van der Waals surface area contributed by atoms with Crippen molar-refractivity contribution in [3.8, 4) is 0 Å². The first-order valence-electron chi connectivity index (χ1n) is 11.1. The number of hydrogen-bond acceptors (Lipinski definition) is 2. The predicted molar refractivity (Wildman–Crippen MR) is 137 cm³/mol. The number of hydrogen-bond donors (Lipinski definition) is 1. The highest BCUT2D eigenvalue weighted by atomic mass is 79.9. The van der Waals surface area contributed by atoms with Crippen LogP contribution in [0.4, 0.5) is 4.39 Å². The van der Waals surface area contributed by atoms with Gasteiger partial charge in [0, 0.05) is 34.1 Å². The number of carbonyl (C=O) groups is 2. The van der Waals surface area contributed by atoms with E-state index < -0.39 is 11.9 Å². The number of amides is 2. The van der Waals surface area contributed by atoms with Crippen LogP contribution in [-0.4, -0.2) is 28.8 Å². The summed E-state index contributed by atoms with van der Waals surface area (Å²) < 4.78 is 15.4. The molecule has 0 aliphatic heterocycles. The summed E-state index contributed by atoms with van der Waals surface area (Å²) in [4.78, 5) is 28.5. The second-order valence-corrected chi connectivity index (χ2v) is 9.72. The van der Waals surface area contributed by atoms with Crippen LogP contribution in [0.2, 0.25) is 5.02 Å². The van der Waals surface area contributed by atoms with Gasteiger partial charge in [0.2, 0.25) is 11.8 Å². The Labute approximate surface area is 213 Å². The molecule has 0 aliphatic carbocycles. The van der Waals surface area contributed by atoms with Crippen molar-refractivity contribution >= 4 is 39.3 Å². The molecular weight excluding hydrogens is 519 g/mol. The average Bonchev–Trinajstić information content (AvgIpc) is 2.80. The van der Waals surface area contributed by atoms with E-state index in [1.54, 1.807) is 6.07 Å². The number of halogens is 3. The summed E-state index contributed by atoms with van der Waals surface area (Å²) in [5.74, 6) is -1.19. The zero-order valence-corrected chi connectivity index (χ0v) is 21.4. The van der Waals surface area contributed by atoms with E-state index in [2.05, 4.69) is 21.2 Å². The second-order valence-electron chi connectivity index (χ2n) is 8.39. The smallest absolute Gasteiger partial charge is 0.243 e. The fraction of sp³-hybridized carbons (Fsp3) is 0.259. The van der Waals surface area contributed by atoms with Crippen LogP contribution >= 0.6 is 27.5 Å². The molecule has 7 heteroatoms. The zero-order valence-electron chi connectivity index (χ0n) is 19.1. The number of rotatable bonds is 9. The van der Waals surface area contributed by atoms with Gasteiger partial charge in [-0.3, -0.25) is 9.59 Å². The van der Waals surface area contributed by atoms with E-state index in [0.717, 1.165) is 15.6 Å². The molecule has 3 aromatic carbocycles. The average molecular weight is 546 g/mol. The third-order valence-corrected chi connectivity index (χ3v) is 6.24. The van der Waals surface area contributed by atoms with Crippen molar-refractivity contribution in [2.24, 2.45) is 0 Å². The van der Waals surface area contributed by atoms with Crippen molar-refractivity contribution in [1.82, 2.24) is 10.2 Å². The molecule has 0 bridgehead atoms. The molecule has 0 fully saturated rings. The number of benzene rings is 3. The summed E-state index contributed by atoms with van der Waals surface area (Å²) in [5, 5.41) is 3.12. The summed E-state index contributed by atoms with van der Waals surface area (Å²) >= 11 is 9.62. The molecule has 0 aromatic heterocycles. The van der Waals surface area contributed by atoms with Crippen molar-refractivity contribution in [3.05, 3.63) is 105 Å². The molecule has 0 radical (unpaired) electrons. The maximum absolute atomic E-state index is 14.5. The largest absolute Gasteiger partial charge is 0.352 e. The fourth-order valence-corrected chi connectivity index (χ4v) is 4.17. The minimum absolute atomic E-state index is 0.101. The molecule has 1 atom stereocenters. The molecule has 0 heterocycles. The van der Waals surface area contributed by atoms with Crippen LogP contribution in [0.1, 0.15) is 30.5 Å². The Kier molecular flexibility index (Phi) is 9.25. The highest BCUT2D eigenvalue weighted by Gasteiger charge is 2.31. The maximum atomic E-state index is 14.5. The van der Waals surface area contributed by atoms with Gasteiger partial charge in [0.15, 0.2) is 0 Å². The lowest BCUT2D eigenvalue weighted by atomic mass is 10.0. The Morgan fingerprint density at radius 1 is 0.971 bits per heavy atom. The van der Waals surface area contributed by atoms with Gasteiger partial charge < -0.3 is 10.2 Å². The van der Waals surface area contributed by atoms with Crippen LogP contribution in [0.5, 0.6) is 0 Å². The molecule has 3 aromatic rings. The van der Waals surface area contributed by atoms with Gasteiger partial charge in [-0.2, -0.15) is 0 Å². The summed E-state index contributed by atoms with van der Waals surface area (Å²) in [6.07, 6.45) is 0.0783. The number of nitrogens with zero attached hydrogens (tertiary/aromatic N) is 1. The summed E-state index contributed by atoms with van der Waals surface area (Å²) in [6, 6.07) is 20.5. The van der Waals surface area contributed by atoms with Crippen molar-refractivity contribution in [2.75, 3.05) is 0 Å². The molecule has 3 rings (SSSR count). The van der Waals surface area contributed by atoms with Gasteiger partial charge in [-0.05, 0) is 49.2 Å². The van der Waals surface area contributed by atoms with Crippen LogP contribution in [0, 0.1) is 5.82 Å². The summed E-state index contributed by atoms with van der Waals surface area (Å²) in [5.41, 5.74) is 1.90. The Bertz CT molecular complexity index is 1100. The number of nitrogens with one attached hydrogen (secondary N) is 1. The molecule has 0 unspecified atom stereocenters. The van der Waals surface area contributed by atoms with Crippen molar-refractivity contribution < 1.29 is 14.0 Å². The molecule has 178 valence electrons. The molecule has 0 saturated carbocycles. The van der Waals surface area contributed by atoms with Crippen molar-refractivity contribution in [3.63, 3.8) is 0 Å². The van der Waals surface area contributed by atoms with Gasteiger partial charge in [-0.15, -0.1) is 0 Å². The highest BCUT2D eigenvalue weighted by Crippen LogP contribution is 2.23. The standard InChI is InChI=1S/C27H27BrClFN2O2/c1-18(2)31-27(34)25(15-19-7-4-3-5-8-19)32(17-20-11-13-21(28)14-12-20)26(33)16-22-23(29)9-6-10-24(22)30/h3-14,18,25H,15-17H2,1-2H3,(H,31,34)/t25-/m1/s1. The van der Waals surface area contributed by atoms with Gasteiger partial charge in [-0.1, -0.05) is 76.1 Å². The quantitative estimate of drug-likeness (QED) is 0.361. The van der Waals surface area contributed by atoms with Crippen LogP contribution in [0.15, 0.2) is 77.3 Å². The van der Waals surface area contributed by atoms with Crippen LogP contribution in [0.25, 0.3) is 0 Å². The van der Waals surface area contributed by atoms with Crippen LogP contribution in [0.3, 0.4) is 0 Å². The summed E-state index contributed by atoms with van der Waals surface area (Å²) in [7, 11) is 0. The van der Waals surface area contributed by atoms with Gasteiger partial charge in [0.1, 0.15) is 11.9 Å². The highest BCUT2D eigenvalue weighted by molar-refractivity contribution is 9.10. The van der Waals surface area contributed by atoms with E-state index in [9.17, 15) is 14.0 Å². The SMILES string of the molecule is CC(C)NC(=O)[C@@H](Cc1ccccc1)N(Cc1ccc(Br)cc1)C(=O)Cc1c(F)cccc1Cl. The second kappa shape index (κ2) is 12.1. The van der Waals surface area contributed by atoms with E-state index in [4.69, 9.17) is 11.6 Å². The van der Waals surface area contributed by atoms with Gasteiger partial charge in [-0.25, -0.2) is 4.39 Å². The lowest BCUT2D eigenvalue weighted by Crippen LogP contribution is -2.52. The monoisotopic (exact) mass is 544 g/mol. The molecule has 4 nitrogen and oxygen atoms in total. The minimum atomic E-state index is -0.786. The normalized spacial score (nSPS) is 11.8. The third-order valence-electron chi connectivity index (χ3n) is 5.36. The molecule has 34 heavy (non-hydrogen) atoms. The van der Waals surface area contributed by atoms with E-state index in [1.165, 1.54) is 17.0 Å². The molecule has 0 saturated heterocycles. The Morgan fingerprint density at radius 3 is 2.26 bits per heavy atom. The topological polar surface area (TPSA) is 49.4 Å². The van der Waals surface area contributed by atoms with Gasteiger partial charge >= 0.3 is 0 Å². The van der Waals surface area contributed by atoms with Crippen LogP contribution < -0.4 is 5.32 Å². The Morgan fingerprint density at radius 2 is 1.65 bits per heavy atom. The Balaban J connectivity index is 2.00. The molecular formula is C27H27BrClFN2O2. The van der Waals surface area contributed by atoms with Gasteiger partial charge in [0.05, 0.1) is 6.42 Å². The first-order chi connectivity index (χ1) is 16.2. The van der Waals surface area contributed by atoms with Crippen molar-refractivity contribution in [2.45, 2.75) is 45.3 Å². The predicted octanol–water partition coefficient (Wildman–Crippen LogP) is 5.95. The Hall–Kier alpha value is -2.70. The maximum Gasteiger partial charge on any atom is 0.243 e. The lowest BCUT2D eigenvalue weighted by molar-refractivity contribution is -0.141. The number of carbonyl (C=O) groups excluding carboxylic acids is 2. The zero-order chi connectivity index (χ0) is 24.7. The van der Waals surface area contributed by atoms with Gasteiger partial charge in [0.25, 0.3) is 0 Å². The first kappa shape index (κ1) is 25.9. The minimum Gasteiger partial charge on any atom is -0.352 e. The molecule has 0 aliphatic rings.